The molecule has 2 aliphatic rings. The van der Waals surface area contributed by atoms with Gasteiger partial charge in [-0.15, -0.1) is 0 Å². The van der Waals surface area contributed by atoms with Gasteiger partial charge >= 0.3 is 6.03 Å². The molecule has 30 heavy (non-hydrogen) atoms. The molecule has 1 aromatic heterocycles. The fraction of sp³-hybridized carbons (Fsp3) is 0.333. The number of aromatic nitrogens is 1. The fourth-order valence-electron chi connectivity index (χ4n) is 3.88. The normalized spacial score (nSPS) is 19.8. The Morgan fingerprint density at radius 1 is 1.17 bits per heavy atom. The van der Waals surface area contributed by atoms with Crippen molar-refractivity contribution in [3.05, 3.63) is 53.3 Å². The van der Waals surface area contributed by atoms with Crippen LogP contribution in [-0.4, -0.2) is 45.6 Å². The van der Waals surface area contributed by atoms with E-state index in [2.05, 4.69) is 10.3 Å². The molecule has 0 radical (unpaired) electrons. The number of alkyl halides is 2. The average molecular weight is 434 g/mol. The summed E-state index contributed by atoms with van der Waals surface area (Å²) in [6, 6.07) is 7.56. The molecule has 3 amide bonds. The van der Waals surface area contributed by atoms with Gasteiger partial charge in [0.15, 0.2) is 5.78 Å². The van der Waals surface area contributed by atoms with Crippen LogP contribution in [0.4, 0.5) is 13.6 Å². The number of hydrogen-bond donors (Lipinski definition) is 1. The quantitative estimate of drug-likeness (QED) is 0.582. The van der Waals surface area contributed by atoms with Gasteiger partial charge in [-0.2, -0.15) is 0 Å². The van der Waals surface area contributed by atoms with Crippen LogP contribution in [0.3, 0.4) is 0 Å². The van der Waals surface area contributed by atoms with Gasteiger partial charge in [0, 0.05) is 46.9 Å². The topological polar surface area (TPSA) is 79.4 Å². The Labute approximate surface area is 176 Å². The summed E-state index contributed by atoms with van der Waals surface area (Å²) in [5.74, 6) is -3.95. The predicted octanol–water partition coefficient (Wildman–Crippen LogP) is 4.08. The lowest BCUT2D eigenvalue weighted by molar-refractivity contribution is -0.135. The Bertz CT molecular complexity index is 1020. The second-order valence-corrected chi connectivity index (χ2v) is 8.03. The first-order valence-electron chi connectivity index (χ1n) is 9.46. The molecule has 1 spiro atoms. The van der Waals surface area contributed by atoms with Gasteiger partial charge in [-0.1, -0.05) is 29.8 Å². The lowest BCUT2D eigenvalue weighted by Gasteiger charge is -2.34. The zero-order valence-corrected chi connectivity index (χ0v) is 16.6. The lowest BCUT2D eigenvalue weighted by atomic mass is 9.80. The molecule has 2 aromatic rings. The van der Waals surface area contributed by atoms with Crippen LogP contribution in [0, 0.1) is 0 Å². The number of nitrogens with one attached hydrogen (secondary N) is 1. The molecule has 1 aliphatic carbocycles. The van der Waals surface area contributed by atoms with Crippen molar-refractivity contribution in [2.45, 2.75) is 37.1 Å². The van der Waals surface area contributed by atoms with E-state index in [1.807, 2.05) is 6.07 Å². The molecular weight excluding hydrogens is 416 g/mol. The molecule has 1 aliphatic heterocycles. The molecule has 156 valence electrons. The highest BCUT2D eigenvalue weighted by atomic mass is 35.5. The number of carbonyl (C=O) groups is 3. The average Bonchev–Trinajstić information content (AvgIpc) is 2.95. The van der Waals surface area contributed by atoms with Gasteiger partial charge in [0.1, 0.15) is 5.54 Å². The van der Waals surface area contributed by atoms with E-state index in [0.29, 0.717) is 10.6 Å². The third kappa shape index (κ3) is 3.67. The van der Waals surface area contributed by atoms with Crippen molar-refractivity contribution in [1.82, 2.24) is 15.2 Å². The SMILES string of the molecule is O=C(CN1C(=O)NC2(CCC(F)(F)CC2)C1=O)c1ccc(-c2cccnc2)c(Cl)c1. The van der Waals surface area contributed by atoms with Gasteiger partial charge in [-0.25, -0.2) is 13.6 Å². The number of pyridine rings is 1. The first-order valence-corrected chi connectivity index (χ1v) is 9.84. The zero-order chi connectivity index (χ0) is 21.5. The summed E-state index contributed by atoms with van der Waals surface area (Å²) in [4.78, 5) is 42.6. The second kappa shape index (κ2) is 7.43. The van der Waals surface area contributed by atoms with E-state index >= 15 is 0 Å². The lowest BCUT2D eigenvalue weighted by Crippen LogP contribution is -2.51. The summed E-state index contributed by atoms with van der Waals surface area (Å²) in [5.41, 5.74) is 0.371. The van der Waals surface area contributed by atoms with Gasteiger partial charge in [0.25, 0.3) is 5.91 Å². The van der Waals surface area contributed by atoms with Crippen molar-refractivity contribution in [3.8, 4) is 11.1 Å². The molecule has 1 saturated carbocycles. The van der Waals surface area contributed by atoms with Gasteiger partial charge < -0.3 is 5.32 Å². The van der Waals surface area contributed by atoms with E-state index in [-0.39, 0.29) is 18.4 Å². The number of imide groups is 1. The number of hydrogen-bond acceptors (Lipinski definition) is 4. The molecule has 1 saturated heterocycles. The maximum Gasteiger partial charge on any atom is 0.325 e. The fourth-order valence-corrected chi connectivity index (χ4v) is 4.17. The predicted molar refractivity (Wildman–Crippen MR) is 105 cm³/mol. The minimum Gasteiger partial charge on any atom is -0.323 e. The van der Waals surface area contributed by atoms with Crippen LogP contribution in [0.2, 0.25) is 5.02 Å². The van der Waals surface area contributed by atoms with E-state index in [1.165, 1.54) is 6.07 Å². The minimum atomic E-state index is -2.84. The monoisotopic (exact) mass is 433 g/mol. The Morgan fingerprint density at radius 3 is 2.53 bits per heavy atom. The van der Waals surface area contributed by atoms with Crippen LogP contribution in [0.5, 0.6) is 0 Å². The molecule has 4 rings (SSSR count). The maximum absolute atomic E-state index is 13.5. The van der Waals surface area contributed by atoms with Crippen molar-refractivity contribution in [2.24, 2.45) is 0 Å². The third-order valence-corrected chi connectivity index (χ3v) is 5.96. The van der Waals surface area contributed by atoms with E-state index in [1.54, 1.807) is 30.6 Å². The third-order valence-electron chi connectivity index (χ3n) is 5.65. The van der Waals surface area contributed by atoms with E-state index in [4.69, 9.17) is 11.6 Å². The highest BCUT2D eigenvalue weighted by Gasteiger charge is 2.55. The molecule has 9 heteroatoms. The second-order valence-electron chi connectivity index (χ2n) is 7.62. The van der Waals surface area contributed by atoms with Gasteiger partial charge in [0.05, 0.1) is 6.54 Å². The number of amides is 3. The van der Waals surface area contributed by atoms with Gasteiger partial charge in [0.2, 0.25) is 5.92 Å². The summed E-state index contributed by atoms with van der Waals surface area (Å²) in [5, 5.41) is 2.86. The van der Waals surface area contributed by atoms with Crippen LogP contribution in [0.15, 0.2) is 42.7 Å². The van der Waals surface area contributed by atoms with E-state index < -0.39 is 48.6 Å². The number of halogens is 3. The minimum absolute atomic E-state index is 0.152. The summed E-state index contributed by atoms with van der Waals surface area (Å²) in [6.45, 7) is -0.481. The zero-order valence-electron chi connectivity index (χ0n) is 15.8. The maximum atomic E-state index is 13.5. The number of carbonyl (C=O) groups excluding carboxylic acids is 3. The number of urea groups is 1. The van der Waals surface area contributed by atoms with Crippen molar-refractivity contribution >= 4 is 29.3 Å². The summed E-state index contributed by atoms with van der Waals surface area (Å²) in [7, 11) is 0. The molecule has 0 unspecified atom stereocenters. The number of nitrogens with zero attached hydrogens (tertiary/aromatic N) is 2. The smallest absolute Gasteiger partial charge is 0.323 e. The van der Waals surface area contributed by atoms with Crippen molar-refractivity contribution < 1.29 is 23.2 Å². The van der Waals surface area contributed by atoms with Crippen LogP contribution < -0.4 is 5.32 Å². The molecule has 0 bridgehead atoms. The van der Waals surface area contributed by atoms with Crippen molar-refractivity contribution in [3.63, 3.8) is 0 Å². The molecule has 0 atom stereocenters. The molecule has 1 aromatic carbocycles. The molecule has 6 nitrogen and oxygen atoms in total. The van der Waals surface area contributed by atoms with Crippen molar-refractivity contribution in [1.29, 1.82) is 0 Å². The first-order chi connectivity index (χ1) is 14.2. The number of ketones is 1. The van der Waals surface area contributed by atoms with Crippen LogP contribution in [0.1, 0.15) is 36.0 Å². The summed E-state index contributed by atoms with van der Waals surface area (Å²) in [6.07, 6.45) is 2.01. The first kappa shape index (κ1) is 20.4. The van der Waals surface area contributed by atoms with E-state index in [0.717, 1.165) is 10.5 Å². The van der Waals surface area contributed by atoms with Gasteiger partial charge in [-0.3, -0.25) is 19.5 Å². The Kier molecular flexibility index (Phi) is 5.05. The molecule has 1 N–H and O–H groups in total. The van der Waals surface area contributed by atoms with Crippen LogP contribution >= 0.6 is 11.6 Å². The standard InChI is InChI=1S/C21H18ClF2N3O3/c22-16-10-13(3-4-15(16)14-2-1-9-25-11-14)17(28)12-27-18(29)20(26-19(27)30)5-7-21(23,24)8-6-20/h1-4,9-11H,5-8,12H2,(H,26,30). The van der Waals surface area contributed by atoms with Crippen LogP contribution in [-0.2, 0) is 4.79 Å². The molecule has 2 heterocycles. The number of Topliss-reactive ketones (excluding diaryl/α,β-unsaturated/α-hetero) is 1. The highest BCUT2D eigenvalue weighted by molar-refractivity contribution is 6.33. The highest BCUT2D eigenvalue weighted by Crippen LogP contribution is 2.41. The Balaban J connectivity index is 1.50. The Hall–Kier alpha value is -2.87. The molecular formula is C21H18ClF2N3O3. The largest absolute Gasteiger partial charge is 0.325 e. The van der Waals surface area contributed by atoms with Gasteiger partial charge in [-0.05, 0) is 25.0 Å². The number of rotatable bonds is 4. The number of benzene rings is 1. The summed E-state index contributed by atoms with van der Waals surface area (Å²) >= 11 is 6.31. The molecule has 2 fully saturated rings. The summed E-state index contributed by atoms with van der Waals surface area (Å²) < 4.78 is 27.0. The Morgan fingerprint density at radius 2 is 1.90 bits per heavy atom. The van der Waals surface area contributed by atoms with E-state index in [9.17, 15) is 23.2 Å². The van der Waals surface area contributed by atoms with Crippen molar-refractivity contribution in [2.75, 3.05) is 6.54 Å². The van der Waals surface area contributed by atoms with Crippen LogP contribution in [0.25, 0.3) is 11.1 Å².